The zero-order valence-electron chi connectivity index (χ0n) is 22.5. The molecule has 0 N–H and O–H groups in total. The maximum atomic E-state index is 6.56. The number of hydrogen-bond acceptors (Lipinski definition) is 2. The molecular formula is C33H44O2. The molecule has 2 nitrogen and oxygen atoms in total. The summed E-state index contributed by atoms with van der Waals surface area (Å²) in [7, 11) is 0. The summed E-state index contributed by atoms with van der Waals surface area (Å²) in [4.78, 5) is 0. The fourth-order valence-corrected chi connectivity index (χ4v) is 4.54. The van der Waals surface area contributed by atoms with Gasteiger partial charge in [-0.1, -0.05) is 107 Å². The Morgan fingerprint density at radius 2 is 1.57 bits per heavy atom. The van der Waals surface area contributed by atoms with Crippen LogP contribution in [0.5, 0.6) is 11.5 Å². The molecule has 2 heteroatoms. The molecule has 0 bridgehead atoms. The van der Waals surface area contributed by atoms with Crippen molar-refractivity contribution in [1.82, 2.24) is 0 Å². The van der Waals surface area contributed by atoms with E-state index < -0.39 is 0 Å². The van der Waals surface area contributed by atoms with Gasteiger partial charge in [-0.2, -0.15) is 0 Å². The van der Waals surface area contributed by atoms with Gasteiger partial charge in [0.15, 0.2) is 0 Å². The van der Waals surface area contributed by atoms with Gasteiger partial charge in [-0.3, -0.25) is 0 Å². The van der Waals surface area contributed by atoms with Crippen LogP contribution in [0.15, 0.2) is 66.7 Å². The third kappa shape index (κ3) is 8.16. The summed E-state index contributed by atoms with van der Waals surface area (Å²) < 4.78 is 13.0. The number of unbranched alkanes of at least 4 members (excludes halogenated alkanes) is 1. The van der Waals surface area contributed by atoms with Crippen molar-refractivity contribution < 1.29 is 9.47 Å². The molecule has 0 aliphatic rings. The molecule has 2 unspecified atom stereocenters. The first-order valence-corrected chi connectivity index (χ1v) is 13.6. The Labute approximate surface area is 213 Å². The van der Waals surface area contributed by atoms with Crippen LogP contribution in [0.1, 0.15) is 76.5 Å². The molecule has 0 spiro atoms. The van der Waals surface area contributed by atoms with Crippen molar-refractivity contribution in [1.29, 1.82) is 0 Å². The van der Waals surface area contributed by atoms with Crippen molar-refractivity contribution in [3.63, 3.8) is 0 Å². The van der Waals surface area contributed by atoms with Gasteiger partial charge in [0.05, 0.1) is 6.61 Å². The van der Waals surface area contributed by atoms with Crippen molar-refractivity contribution in [2.75, 3.05) is 6.61 Å². The molecule has 0 saturated heterocycles. The summed E-state index contributed by atoms with van der Waals surface area (Å²) >= 11 is 0. The van der Waals surface area contributed by atoms with Crippen molar-refractivity contribution in [3.8, 4) is 22.6 Å². The Kier molecular flexibility index (Phi) is 10.7. The molecule has 0 aliphatic heterocycles. The number of aryl methyl sites for hydroxylation is 2. The Bertz CT molecular complexity index is 1010. The maximum Gasteiger partial charge on any atom is 0.131 e. The summed E-state index contributed by atoms with van der Waals surface area (Å²) in [6.07, 6.45) is 7.13. The van der Waals surface area contributed by atoms with Crippen LogP contribution in [0.2, 0.25) is 0 Å². The second-order valence-corrected chi connectivity index (χ2v) is 10.0. The predicted octanol–water partition coefficient (Wildman–Crippen LogP) is 9.42. The molecule has 0 aliphatic carbocycles. The van der Waals surface area contributed by atoms with Crippen LogP contribution in [0, 0.1) is 18.8 Å². The number of benzene rings is 3. The van der Waals surface area contributed by atoms with Gasteiger partial charge in [0.25, 0.3) is 0 Å². The van der Waals surface area contributed by atoms with Crippen LogP contribution >= 0.6 is 0 Å². The molecule has 3 aromatic rings. The smallest absolute Gasteiger partial charge is 0.131 e. The standard InChI is InChI=1S/C33H44O2/c1-6-9-13-28(20-25(4)7-2)24-34-32-22-33(35-23-27-14-11-10-12-15-27)31(21-29(32)8-3)30-18-16-26(5)17-19-30/h10-12,14-19,21-22,25,28H,6-9,13,20,23-24H2,1-5H3. The van der Waals surface area contributed by atoms with Crippen LogP contribution in [0.25, 0.3) is 11.1 Å². The van der Waals surface area contributed by atoms with Crippen LogP contribution in [-0.4, -0.2) is 6.61 Å². The highest BCUT2D eigenvalue weighted by atomic mass is 16.5. The van der Waals surface area contributed by atoms with E-state index in [2.05, 4.69) is 95.3 Å². The molecule has 0 amide bonds. The SMILES string of the molecule is CCCCC(COc1cc(OCc2ccccc2)c(-c2ccc(C)cc2)cc1CC)CC(C)CC. The lowest BCUT2D eigenvalue weighted by Crippen LogP contribution is -2.16. The first-order chi connectivity index (χ1) is 17.0. The van der Waals surface area contributed by atoms with E-state index in [1.165, 1.54) is 48.8 Å². The average Bonchev–Trinajstić information content (AvgIpc) is 2.89. The van der Waals surface area contributed by atoms with E-state index in [0.717, 1.165) is 41.6 Å². The fourth-order valence-electron chi connectivity index (χ4n) is 4.54. The van der Waals surface area contributed by atoms with E-state index >= 15 is 0 Å². The van der Waals surface area contributed by atoms with Crippen molar-refractivity contribution in [2.45, 2.75) is 79.8 Å². The van der Waals surface area contributed by atoms with Gasteiger partial charge in [0.1, 0.15) is 18.1 Å². The lowest BCUT2D eigenvalue weighted by molar-refractivity contribution is 0.207. The number of rotatable bonds is 14. The molecule has 0 aromatic heterocycles. The highest BCUT2D eigenvalue weighted by Crippen LogP contribution is 2.38. The minimum absolute atomic E-state index is 0.539. The Hall–Kier alpha value is -2.74. The molecule has 35 heavy (non-hydrogen) atoms. The fraction of sp³-hybridized carbons (Fsp3) is 0.455. The van der Waals surface area contributed by atoms with E-state index in [0.29, 0.717) is 12.5 Å². The molecule has 188 valence electrons. The largest absolute Gasteiger partial charge is 0.493 e. The zero-order valence-corrected chi connectivity index (χ0v) is 22.5. The Morgan fingerprint density at radius 1 is 0.829 bits per heavy atom. The van der Waals surface area contributed by atoms with E-state index in [9.17, 15) is 0 Å². The third-order valence-electron chi connectivity index (χ3n) is 7.02. The van der Waals surface area contributed by atoms with Crippen molar-refractivity contribution in [3.05, 3.63) is 83.4 Å². The number of hydrogen-bond donors (Lipinski definition) is 0. The molecule has 0 heterocycles. The number of ether oxygens (including phenoxy) is 2. The van der Waals surface area contributed by atoms with Gasteiger partial charge in [-0.15, -0.1) is 0 Å². The zero-order chi connectivity index (χ0) is 25.0. The normalized spacial score (nSPS) is 12.8. The highest BCUT2D eigenvalue weighted by molar-refractivity contribution is 5.73. The lowest BCUT2D eigenvalue weighted by atomic mass is 9.90. The van der Waals surface area contributed by atoms with Crippen molar-refractivity contribution in [2.24, 2.45) is 11.8 Å². The van der Waals surface area contributed by atoms with Crippen LogP contribution in [0.3, 0.4) is 0 Å². The second kappa shape index (κ2) is 14.0. The lowest BCUT2D eigenvalue weighted by Gasteiger charge is -2.23. The van der Waals surface area contributed by atoms with Gasteiger partial charge < -0.3 is 9.47 Å². The monoisotopic (exact) mass is 472 g/mol. The third-order valence-corrected chi connectivity index (χ3v) is 7.02. The van der Waals surface area contributed by atoms with Gasteiger partial charge in [0.2, 0.25) is 0 Å². The average molecular weight is 473 g/mol. The van der Waals surface area contributed by atoms with Crippen molar-refractivity contribution >= 4 is 0 Å². The van der Waals surface area contributed by atoms with Gasteiger partial charge in [0, 0.05) is 11.6 Å². The summed E-state index contributed by atoms with van der Waals surface area (Å²) in [5, 5.41) is 0. The second-order valence-electron chi connectivity index (χ2n) is 10.0. The summed E-state index contributed by atoms with van der Waals surface area (Å²) in [6.45, 7) is 12.6. The maximum absolute atomic E-state index is 6.56. The molecule has 3 aromatic carbocycles. The van der Waals surface area contributed by atoms with Crippen LogP contribution < -0.4 is 9.47 Å². The summed E-state index contributed by atoms with van der Waals surface area (Å²) in [6, 6.07) is 23.5. The summed E-state index contributed by atoms with van der Waals surface area (Å²) in [5.74, 6) is 3.19. The van der Waals surface area contributed by atoms with Gasteiger partial charge in [-0.05, 0) is 60.8 Å². The van der Waals surface area contributed by atoms with E-state index in [4.69, 9.17) is 9.47 Å². The Balaban J connectivity index is 1.89. The van der Waals surface area contributed by atoms with E-state index in [-0.39, 0.29) is 0 Å². The first-order valence-electron chi connectivity index (χ1n) is 13.6. The molecule has 2 atom stereocenters. The predicted molar refractivity (Wildman–Crippen MR) is 149 cm³/mol. The molecule has 0 fully saturated rings. The van der Waals surface area contributed by atoms with E-state index in [1.54, 1.807) is 0 Å². The Morgan fingerprint density at radius 3 is 2.23 bits per heavy atom. The van der Waals surface area contributed by atoms with Gasteiger partial charge >= 0.3 is 0 Å². The van der Waals surface area contributed by atoms with Crippen LogP contribution in [0.4, 0.5) is 0 Å². The minimum atomic E-state index is 0.539. The van der Waals surface area contributed by atoms with E-state index in [1.807, 2.05) is 6.07 Å². The topological polar surface area (TPSA) is 18.5 Å². The first kappa shape index (κ1) is 26.9. The highest BCUT2D eigenvalue weighted by Gasteiger charge is 2.17. The molecule has 0 radical (unpaired) electrons. The molecular weight excluding hydrogens is 428 g/mol. The van der Waals surface area contributed by atoms with Crippen LogP contribution in [-0.2, 0) is 13.0 Å². The minimum Gasteiger partial charge on any atom is -0.493 e. The molecule has 3 rings (SSSR count). The van der Waals surface area contributed by atoms with Gasteiger partial charge in [-0.25, -0.2) is 0 Å². The molecule has 0 saturated carbocycles. The summed E-state index contributed by atoms with van der Waals surface area (Å²) in [5.41, 5.74) is 5.98. The quantitative estimate of drug-likeness (QED) is 0.233.